The number of hydrogen-bond donors (Lipinski definition) is 0. The van der Waals surface area contributed by atoms with Gasteiger partial charge in [-0.05, 0) is 6.42 Å². The van der Waals surface area contributed by atoms with Crippen LogP contribution in [0.5, 0.6) is 0 Å². The summed E-state index contributed by atoms with van der Waals surface area (Å²) in [4.78, 5) is 8.82. The van der Waals surface area contributed by atoms with E-state index in [9.17, 15) is 0 Å². The van der Waals surface area contributed by atoms with Crippen molar-refractivity contribution >= 4 is 16.8 Å². The van der Waals surface area contributed by atoms with E-state index in [0.717, 1.165) is 23.4 Å². The Balaban J connectivity index is 1.89. The van der Waals surface area contributed by atoms with Gasteiger partial charge in [0.1, 0.15) is 12.7 Å². The highest BCUT2D eigenvalue weighted by Crippen LogP contribution is 2.15. The van der Waals surface area contributed by atoms with Gasteiger partial charge in [-0.2, -0.15) is 0 Å². The molecule has 0 spiro atoms. The van der Waals surface area contributed by atoms with E-state index in [-0.39, 0.29) is 0 Å². The first-order chi connectivity index (χ1) is 8.90. The highest BCUT2D eigenvalue weighted by Gasteiger charge is 2.09. The summed E-state index contributed by atoms with van der Waals surface area (Å²) in [5.74, 6) is 0. The van der Waals surface area contributed by atoms with Crippen molar-refractivity contribution in [3.05, 3.63) is 19.0 Å². The molecule has 6 heteroatoms. The molecule has 0 unspecified atom stereocenters. The average molecular weight is 244 g/mol. The van der Waals surface area contributed by atoms with Gasteiger partial charge < -0.3 is 4.57 Å². The Morgan fingerprint density at radius 3 is 2.83 bits per heavy atom. The fourth-order valence-corrected chi connectivity index (χ4v) is 2.15. The van der Waals surface area contributed by atoms with Crippen LogP contribution in [0.25, 0.3) is 16.8 Å². The van der Waals surface area contributed by atoms with E-state index in [4.69, 9.17) is 0 Å². The lowest BCUT2D eigenvalue weighted by atomic mass is 10.2. The van der Waals surface area contributed by atoms with Gasteiger partial charge in [-0.15, -0.1) is 10.2 Å². The van der Waals surface area contributed by atoms with Gasteiger partial charge in [0, 0.05) is 6.54 Å². The first kappa shape index (κ1) is 11.1. The second-order valence-electron chi connectivity index (χ2n) is 4.48. The summed E-state index contributed by atoms with van der Waals surface area (Å²) < 4.78 is 3.89. The summed E-state index contributed by atoms with van der Waals surface area (Å²) in [6.45, 7) is 3.18. The topological polar surface area (TPSA) is 60.9 Å². The van der Waals surface area contributed by atoms with Crippen molar-refractivity contribution in [2.24, 2.45) is 0 Å². The minimum atomic E-state index is 0.771. The van der Waals surface area contributed by atoms with Gasteiger partial charge in [-0.1, -0.05) is 26.2 Å². The lowest BCUT2D eigenvalue weighted by Gasteiger charge is -2.02. The van der Waals surface area contributed by atoms with Crippen LogP contribution < -0.4 is 0 Å². The third kappa shape index (κ3) is 1.83. The summed E-state index contributed by atoms with van der Waals surface area (Å²) in [6.07, 6.45) is 10.2. The van der Waals surface area contributed by atoms with Crippen LogP contribution in [-0.2, 0) is 6.54 Å². The quantitative estimate of drug-likeness (QED) is 0.644. The normalized spacial score (nSPS) is 11.6. The first-order valence-electron chi connectivity index (χ1n) is 6.39. The lowest BCUT2D eigenvalue weighted by Crippen LogP contribution is -1.98. The number of imidazole rings is 1. The predicted octanol–water partition coefficient (Wildman–Crippen LogP) is 2.05. The number of hydrogen-bond acceptors (Lipinski definition) is 4. The highest BCUT2D eigenvalue weighted by atomic mass is 15.3. The zero-order valence-corrected chi connectivity index (χ0v) is 10.5. The molecular weight excluding hydrogens is 228 g/mol. The minimum Gasteiger partial charge on any atom is -0.315 e. The standard InChI is InChI=1S/C12H16N6/c1-2-3-4-5-6-17-7-13-10-11(17)14-8-18-9-15-16-12(10)18/h7-9H,2-6H2,1H3. The van der Waals surface area contributed by atoms with Gasteiger partial charge >= 0.3 is 0 Å². The van der Waals surface area contributed by atoms with Crippen molar-refractivity contribution in [1.29, 1.82) is 0 Å². The smallest absolute Gasteiger partial charge is 0.191 e. The number of fused-ring (bicyclic) bond motifs is 3. The second-order valence-corrected chi connectivity index (χ2v) is 4.48. The molecule has 0 bridgehead atoms. The largest absolute Gasteiger partial charge is 0.315 e. The van der Waals surface area contributed by atoms with E-state index in [0.29, 0.717) is 0 Å². The molecule has 0 radical (unpaired) electrons. The molecule has 0 aromatic carbocycles. The zero-order chi connectivity index (χ0) is 12.4. The molecule has 0 fully saturated rings. The van der Waals surface area contributed by atoms with Gasteiger partial charge in [0.25, 0.3) is 0 Å². The third-order valence-electron chi connectivity index (χ3n) is 3.15. The molecule has 3 heterocycles. The van der Waals surface area contributed by atoms with Gasteiger partial charge in [-0.25, -0.2) is 9.97 Å². The fourth-order valence-electron chi connectivity index (χ4n) is 2.15. The van der Waals surface area contributed by atoms with Crippen molar-refractivity contribution in [1.82, 2.24) is 29.1 Å². The van der Waals surface area contributed by atoms with Crippen LogP contribution in [0, 0.1) is 0 Å². The van der Waals surface area contributed by atoms with Crippen LogP contribution >= 0.6 is 0 Å². The maximum absolute atomic E-state index is 4.42. The maximum atomic E-state index is 4.42. The van der Waals surface area contributed by atoms with Gasteiger partial charge in [0.05, 0.1) is 6.33 Å². The Hall–Kier alpha value is -1.98. The number of aromatic nitrogens is 6. The molecule has 3 rings (SSSR count). The van der Waals surface area contributed by atoms with Crippen LogP contribution in [-0.4, -0.2) is 29.1 Å². The van der Waals surface area contributed by atoms with Crippen LogP contribution in [0.3, 0.4) is 0 Å². The predicted molar refractivity (Wildman–Crippen MR) is 68.2 cm³/mol. The molecule has 0 saturated heterocycles. The summed E-state index contributed by atoms with van der Waals surface area (Å²) in [6, 6.07) is 0. The fraction of sp³-hybridized carbons (Fsp3) is 0.500. The molecule has 0 atom stereocenters. The molecule has 6 nitrogen and oxygen atoms in total. The molecular formula is C12H16N6. The molecule has 18 heavy (non-hydrogen) atoms. The van der Waals surface area contributed by atoms with Crippen molar-refractivity contribution in [2.75, 3.05) is 0 Å². The van der Waals surface area contributed by atoms with Crippen LogP contribution in [0.15, 0.2) is 19.0 Å². The average Bonchev–Trinajstić information content (AvgIpc) is 3.00. The summed E-state index contributed by atoms with van der Waals surface area (Å²) >= 11 is 0. The minimum absolute atomic E-state index is 0.771. The number of aryl methyl sites for hydroxylation is 1. The molecule has 3 aromatic rings. The summed E-state index contributed by atoms with van der Waals surface area (Å²) in [5, 5.41) is 7.94. The molecule has 0 aliphatic heterocycles. The Morgan fingerprint density at radius 2 is 1.94 bits per heavy atom. The summed E-state index contributed by atoms with van der Waals surface area (Å²) in [5.41, 5.74) is 2.49. The first-order valence-corrected chi connectivity index (χ1v) is 6.39. The number of unbranched alkanes of at least 4 members (excludes halogenated alkanes) is 3. The van der Waals surface area contributed by atoms with E-state index in [1.54, 1.807) is 17.1 Å². The van der Waals surface area contributed by atoms with E-state index >= 15 is 0 Å². The van der Waals surface area contributed by atoms with E-state index in [1.807, 2.05) is 6.33 Å². The Labute approximate surface area is 105 Å². The molecule has 0 N–H and O–H groups in total. The molecule has 3 aromatic heterocycles. The van der Waals surface area contributed by atoms with E-state index in [2.05, 4.69) is 31.7 Å². The Bertz CT molecular complexity index is 653. The molecule has 0 aliphatic rings. The number of nitrogens with zero attached hydrogens (tertiary/aromatic N) is 6. The van der Waals surface area contributed by atoms with Crippen molar-refractivity contribution < 1.29 is 0 Å². The molecule has 94 valence electrons. The monoisotopic (exact) mass is 244 g/mol. The van der Waals surface area contributed by atoms with E-state index in [1.165, 1.54) is 25.7 Å². The Morgan fingerprint density at radius 1 is 1.00 bits per heavy atom. The maximum Gasteiger partial charge on any atom is 0.191 e. The molecule has 0 aliphatic carbocycles. The van der Waals surface area contributed by atoms with Gasteiger partial charge in [-0.3, -0.25) is 4.40 Å². The van der Waals surface area contributed by atoms with Crippen molar-refractivity contribution in [2.45, 2.75) is 39.2 Å². The van der Waals surface area contributed by atoms with Gasteiger partial charge in [0.2, 0.25) is 0 Å². The lowest BCUT2D eigenvalue weighted by molar-refractivity contribution is 0.589. The van der Waals surface area contributed by atoms with E-state index < -0.39 is 0 Å². The number of rotatable bonds is 5. The van der Waals surface area contributed by atoms with Gasteiger partial charge in [0.15, 0.2) is 16.8 Å². The third-order valence-corrected chi connectivity index (χ3v) is 3.15. The van der Waals surface area contributed by atoms with Crippen LogP contribution in [0.2, 0.25) is 0 Å². The highest BCUT2D eigenvalue weighted by molar-refractivity contribution is 5.84. The summed E-state index contributed by atoms with van der Waals surface area (Å²) in [7, 11) is 0. The van der Waals surface area contributed by atoms with Crippen molar-refractivity contribution in [3.63, 3.8) is 0 Å². The molecule has 0 amide bonds. The molecule has 0 saturated carbocycles. The second kappa shape index (κ2) is 4.72. The van der Waals surface area contributed by atoms with Crippen LogP contribution in [0.4, 0.5) is 0 Å². The SMILES string of the molecule is CCCCCCn1cnc2c1ncn1cnnc21. The van der Waals surface area contributed by atoms with Crippen molar-refractivity contribution in [3.8, 4) is 0 Å². The zero-order valence-electron chi connectivity index (χ0n) is 10.5. The Kier molecular flexibility index (Phi) is 2.92. The van der Waals surface area contributed by atoms with Crippen LogP contribution in [0.1, 0.15) is 32.6 Å².